The molecule has 3 aromatic heterocycles. The van der Waals surface area contributed by atoms with Crippen molar-refractivity contribution < 1.29 is 13.2 Å². The summed E-state index contributed by atoms with van der Waals surface area (Å²) in [6.45, 7) is 0. The Hall–Kier alpha value is -7.84. The molecule has 0 unspecified atom stereocenters. The van der Waals surface area contributed by atoms with Gasteiger partial charge in [0.15, 0.2) is 17.5 Å². The molecule has 0 aliphatic heterocycles. The zero-order valence-electron chi connectivity index (χ0n) is 31.8. The Morgan fingerprint density at radius 3 is 1.27 bits per heavy atom. The molecule has 0 bridgehead atoms. The van der Waals surface area contributed by atoms with Gasteiger partial charge in [-0.25, -0.2) is 15.0 Å². The quantitative estimate of drug-likeness (QED) is 0.169. The zero-order chi connectivity index (χ0) is 40.4. The van der Waals surface area contributed by atoms with E-state index in [1.54, 1.807) is 10.6 Å². The third kappa shape index (κ3) is 5.75. The Kier molecular flexibility index (Phi) is 8.20. The fourth-order valence-electron chi connectivity index (χ4n) is 8.59. The zero-order valence-corrected chi connectivity index (χ0v) is 31.8. The number of rotatable bonds is 6. The summed E-state index contributed by atoms with van der Waals surface area (Å²) in [6.07, 6.45) is -4.65. The number of benzene rings is 8. The van der Waals surface area contributed by atoms with Crippen molar-refractivity contribution in [2.24, 2.45) is 0 Å². The molecular formula is C52H32F3N5. The predicted octanol–water partition coefficient (Wildman–Crippen LogP) is 13.8. The maximum atomic E-state index is 15.4. The molecule has 0 atom stereocenters. The number of halogens is 3. The van der Waals surface area contributed by atoms with Crippen molar-refractivity contribution in [2.45, 2.75) is 6.18 Å². The van der Waals surface area contributed by atoms with Gasteiger partial charge in [0.25, 0.3) is 0 Å². The Bertz CT molecular complexity index is 3260. The molecule has 0 N–H and O–H groups in total. The first kappa shape index (κ1) is 35.3. The molecule has 3 heterocycles. The van der Waals surface area contributed by atoms with Crippen LogP contribution in [0.2, 0.25) is 0 Å². The Balaban J connectivity index is 1.25. The van der Waals surface area contributed by atoms with Crippen LogP contribution in [-0.2, 0) is 6.18 Å². The second-order valence-electron chi connectivity index (χ2n) is 14.7. The van der Waals surface area contributed by atoms with Crippen LogP contribution in [0, 0.1) is 0 Å². The summed E-state index contributed by atoms with van der Waals surface area (Å²) in [7, 11) is 0. The first-order chi connectivity index (χ1) is 29.4. The summed E-state index contributed by atoms with van der Waals surface area (Å²) in [4.78, 5) is 15.2. The summed E-state index contributed by atoms with van der Waals surface area (Å²) in [6, 6.07) is 61.4. The van der Waals surface area contributed by atoms with Gasteiger partial charge in [-0.3, -0.25) is 0 Å². The minimum Gasteiger partial charge on any atom is -0.308 e. The SMILES string of the molecule is FC(F)(F)c1cccc(-c2ccc(-c3nc(-c4ccccc4)nc(-c4ccccc4)n3)c(-n3c4ccccc4c4ccccc43)c2)c1-n1c2ccccc2c2ccccc21. The summed E-state index contributed by atoms with van der Waals surface area (Å²) in [5.74, 6) is 1.43. The van der Waals surface area contributed by atoms with Crippen LogP contribution in [0.1, 0.15) is 5.56 Å². The average Bonchev–Trinajstić information content (AvgIpc) is 3.82. The molecule has 5 nitrogen and oxygen atoms in total. The van der Waals surface area contributed by atoms with E-state index in [9.17, 15) is 0 Å². The lowest BCUT2D eigenvalue weighted by molar-refractivity contribution is -0.137. The second kappa shape index (κ2) is 13.9. The van der Waals surface area contributed by atoms with E-state index in [-0.39, 0.29) is 5.69 Å². The molecule has 11 aromatic rings. The minimum atomic E-state index is -4.65. The third-order valence-electron chi connectivity index (χ3n) is 11.2. The molecule has 11 rings (SSSR count). The first-order valence-corrected chi connectivity index (χ1v) is 19.6. The van der Waals surface area contributed by atoms with Crippen molar-refractivity contribution in [3.8, 4) is 56.7 Å². The predicted molar refractivity (Wildman–Crippen MR) is 235 cm³/mol. The topological polar surface area (TPSA) is 48.5 Å². The van der Waals surface area contributed by atoms with Gasteiger partial charge in [-0.15, -0.1) is 0 Å². The fourth-order valence-corrected chi connectivity index (χ4v) is 8.59. The fraction of sp³-hybridized carbons (Fsp3) is 0.0192. The lowest BCUT2D eigenvalue weighted by Gasteiger charge is -2.21. The molecule has 8 heteroatoms. The Labute approximate surface area is 342 Å². The lowest BCUT2D eigenvalue weighted by atomic mass is 9.96. The normalized spacial score (nSPS) is 11.9. The molecule has 0 spiro atoms. The highest BCUT2D eigenvalue weighted by molar-refractivity contribution is 6.11. The molecule has 0 radical (unpaired) electrons. The number of hydrogen-bond acceptors (Lipinski definition) is 3. The van der Waals surface area contributed by atoms with Crippen molar-refractivity contribution in [2.75, 3.05) is 0 Å². The summed E-state index contributed by atoms with van der Waals surface area (Å²) in [5.41, 5.74) is 6.63. The van der Waals surface area contributed by atoms with Crippen LogP contribution in [0.5, 0.6) is 0 Å². The molecule has 0 aliphatic rings. The van der Waals surface area contributed by atoms with Crippen molar-refractivity contribution in [1.29, 1.82) is 0 Å². The number of alkyl halides is 3. The molecule has 0 saturated heterocycles. The average molecular weight is 784 g/mol. The molecular weight excluding hydrogens is 752 g/mol. The van der Waals surface area contributed by atoms with Crippen LogP contribution in [0.15, 0.2) is 194 Å². The maximum absolute atomic E-state index is 15.4. The second-order valence-corrected chi connectivity index (χ2v) is 14.7. The molecule has 0 aliphatic carbocycles. The maximum Gasteiger partial charge on any atom is 0.418 e. The van der Waals surface area contributed by atoms with Crippen LogP contribution in [0.3, 0.4) is 0 Å². The van der Waals surface area contributed by atoms with Gasteiger partial charge in [-0.05, 0) is 48.0 Å². The highest BCUT2D eigenvalue weighted by Gasteiger charge is 2.36. The highest BCUT2D eigenvalue weighted by Crippen LogP contribution is 2.45. The van der Waals surface area contributed by atoms with Gasteiger partial charge in [-0.1, -0.05) is 152 Å². The van der Waals surface area contributed by atoms with Gasteiger partial charge in [0.1, 0.15) is 0 Å². The van der Waals surface area contributed by atoms with Gasteiger partial charge < -0.3 is 9.13 Å². The van der Waals surface area contributed by atoms with Crippen molar-refractivity contribution in [3.05, 3.63) is 200 Å². The molecule has 0 amide bonds. The van der Waals surface area contributed by atoms with Crippen molar-refractivity contribution in [3.63, 3.8) is 0 Å². The van der Waals surface area contributed by atoms with Gasteiger partial charge >= 0.3 is 6.18 Å². The van der Waals surface area contributed by atoms with Crippen molar-refractivity contribution >= 4 is 43.6 Å². The van der Waals surface area contributed by atoms with Crippen LogP contribution in [0.25, 0.3) is 100 Å². The summed E-state index contributed by atoms with van der Waals surface area (Å²) < 4.78 is 50.1. The highest BCUT2D eigenvalue weighted by atomic mass is 19.4. The van der Waals surface area contributed by atoms with Crippen LogP contribution >= 0.6 is 0 Å². The monoisotopic (exact) mass is 783 g/mol. The molecule has 0 fully saturated rings. The number of aromatic nitrogens is 5. The van der Waals surface area contributed by atoms with E-state index in [0.717, 1.165) is 43.7 Å². The van der Waals surface area contributed by atoms with Gasteiger partial charge in [-0.2, -0.15) is 13.2 Å². The smallest absolute Gasteiger partial charge is 0.308 e. The number of fused-ring (bicyclic) bond motifs is 6. The van der Waals surface area contributed by atoms with Gasteiger partial charge in [0, 0.05) is 43.8 Å². The van der Waals surface area contributed by atoms with Crippen LogP contribution in [-0.4, -0.2) is 24.1 Å². The van der Waals surface area contributed by atoms with E-state index >= 15 is 13.2 Å². The molecule has 8 aromatic carbocycles. The molecule has 286 valence electrons. The Morgan fingerprint density at radius 2 is 0.783 bits per heavy atom. The van der Waals surface area contributed by atoms with E-state index in [0.29, 0.717) is 50.9 Å². The van der Waals surface area contributed by atoms with Crippen molar-refractivity contribution in [1.82, 2.24) is 24.1 Å². The summed E-state index contributed by atoms with van der Waals surface area (Å²) in [5, 5.41) is 3.83. The number of hydrogen-bond donors (Lipinski definition) is 0. The standard InChI is InChI=1S/C52H32F3N5/c53-52(54,55)42-25-15-24-36(48(42)60-45-28-13-9-22-39(45)40-23-10-14-29-46(40)60)35-30-31-41(47(32-35)59-43-26-11-7-20-37(43)38-21-8-12-27-44(38)59)51-57-49(33-16-3-1-4-17-33)56-50(58-51)34-18-5-2-6-19-34/h1-32H. The van der Waals surface area contributed by atoms with Gasteiger partial charge in [0.05, 0.1) is 39.0 Å². The van der Waals surface area contributed by atoms with E-state index in [1.165, 1.54) is 12.1 Å². The van der Waals surface area contributed by atoms with E-state index in [2.05, 4.69) is 28.8 Å². The summed E-state index contributed by atoms with van der Waals surface area (Å²) >= 11 is 0. The number of nitrogens with zero attached hydrogens (tertiary/aromatic N) is 5. The third-order valence-corrected chi connectivity index (χ3v) is 11.2. The van der Waals surface area contributed by atoms with E-state index < -0.39 is 11.7 Å². The van der Waals surface area contributed by atoms with E-state index in [1.807, 2.05) is 152 Å². The van der Waals surface area contributed by atoms with Crippen LogP contribution in [0.4, 0.5) is 13.2 Å². The van der Waals surface area contributed by atoms with E-state index in [4.69, 9.17) is 15.0 Å². The Morgan fingerprint density at radius 1 is 0.350 bits per heavy atom. The lowest BCUT2D eigenvalue weighted by Crippen LogP contribution is -2.12. The minimum absolute atomic E-state index is 0.0567. The first-order valence-electron chi connectivity index (χ1n) is 19.6. The molecule has 0 saturated carbocycles. The van der Waals surface area contributed by atoms with Crippen LogP contribution < -0.4 is 0 Å². The van der Waals surface area contributed by atoms with Gasteiger partial charge in [0.2, 0.25) is 0 Å². The largest absolute Gasteiger partial charge is 0.418 e. The molecule has 60 heavy (non-hydrogen) atoms. The number of para-hydroxylation sites is 5.